The second-order valence-corrected chi connectivity index (χ2v) is 8.07. The maximum Gasteiger partial charge on any atom is 0.494 e. The molecule has 0 atom stereocenters. The van der Waals surface area contributed by atoms with E-state index < -0.39 is 0 Å². The van der Waals surface area contributed by atoms with E-state index in [0.717, 1.165) is 33.4 Å². The Bertz CT molecular complexity index is 977. The van der Waals surface area contributed by atoms with Crippen LogP contribution in [0.15, 0.2) is 42.5 Å². The first kappa shape index (κ1) is 18.1. The molecule has 2 aromatic carbocycles. The Labute approximate surface area is 160 Å². The van der Waals surface area contributed by atoms with Gasteiger partial charge in [-0.3, -0.25) is 4.68 Å². The highest BCUT2D eigenvalue weighted by atomic mass is 16.7. The van der Waals surface area contributed by atoms with E-state index >= 15 is 0 Å². The van der Waals surface area contributed by atoms with Gasteiger partial charge in [0.05, 0.1) is 23.8 Å². The molecule has 1 aliphatic rings. The van der Waals surface area contributed by atoms with Crippen LogP contribution in [0.1, 0.15) is 27.7 Å². The van der Waals surface area contributed by atoms with Crippen molar-refractivity contribution in [1.82, 2.24) is 9.78 Å². The van der Waals surface area contributed by atoms with Crippen molar-refractivity contribution in [2.24, 2.45) is 7.05 Å². The molecular formula is C21H25BN2O3. The van der Waals surface area contributed by atoms with Gasteiger partial charge in [-0.2, -0.15) is 5.10 Å². The Morgan fingerprint density at radius 2 is 1.59 bits per heavy atom. The number of benzene rings is 2. The Morgan fingerprint density at radius 3 is 2.19 bits per heavy atom. The fraction of sp³-hybridized carbons (Fsp3) is 0.381. The maximum absolute atomic E-state index is 6.22. The van der Waals surface area contributed by atoms with Crippen LogP contribution in [-0.2, 0) is 16.4 Å². The number of ether oxygens (including phenoxy) is 1. The topological polar surface area (TPSA) is 45.5 Å². The predicted molar refractivity (Wildman–Crippen MR) is 108 cm³/mol. The van der Waals surface area contributed by atoms with Crippen LogP contribution in [0.25, 0.3) is 22.2 Å². The summed E-state index contributed by atoms with van der Waals surface area (Å²) in [6.45, 7) is 8.27. The summed E-state index contributed by atoms with van der Waals surface area (Å²) in [7, 11) is 3.24. The third-order valence-corrected chi connectivity index (χ3v) is 5.76. The summed E-state index contributed by atoms with van der Waals surface area (Å²) in [5.41, 5.74) is 3.34. The fourth-order valence-corrected chi connectivity index (χ4v) is 3.37. The number of hydrogen-bond donors (Lipinski definition) is 0. The lowest BCUT2D eigenvalue weighted by atomic mass is 9.78. The molecule has 0 aliphatic carbocycles. The highest BCUT2D eigenvalue weighted by Crippen LogP contribution is 2.37. The highest BCUT2D eigenvalue weighted by molar-refractivity contribution is 6.62. The van der Waals surface area contributed by atoms with Gasteiger partial charge in [0.1, 0.15) is 11.4 Å². The largest absolute Gasteiger partial charge is 0.497 e. The third kappa shape index (κ3) is 2.93. The van der Waals surface area contributed by atoms with Crippen LogP contribution < -0.4 is 10.2 Å². The average molecular weight is 364 g/mol. The monoisotopic (exact) mass is 364 g/mol. The zero-order chi connectivity index (χ0) is 19.4. The molecule has 3 aromatic rings. The van der Waals surface area contributed by atoms with E-state index in [1.807, 2.05) is 36.0 Å². The van der Waals surface area contributed by atoms with Crippen LogP contribution in [0, 0.1) is 0 Å². The fourth-order valence-electron chi connectivity index (χ4n) is 3.37. The Balaban J connectivity index is 1.78. The van der Waals surface area contributed by atoms with E-state index in [1.54, 1.807) is 7.11 Å². The first-order valence-electron chi connectivity index (χ1n) is 9.18. The quantitative estimate of drug-likeness (QED) is 0.667. The molecule has 2 heterocycles. The summed E-state index contributed by atoms with van der Waals surface area (Å²) in [5.74, 6) is 0.830. The van der Waals surface area contributed by atoms with Gasteiger partial charge in [-0.1, -0.05) is 12.1 Å². The van der Waals surface area contributed by atoms with Crippen molar-refractivity contribution in [2.75, 3.05) is 7.11 Å². The minimum atomic E-state index is -0.386. The van der Waals surface area contributed by atoms with E-state index in [2.05, 4.69) is 45.9 Å². The second-order valence-electron chi connectivity index (χ2n) is 8.07. The van der Waals surface area contributed by atoms with Gasteiger partial charge in [0.25, 0.3) is 0 Å². The molecule has 0 radical (unpaired) electrons. The minimum absolute atomic E-state index is 0.361. The predicted octanol–water partition coefficient (Wildman–Crippen LogP) is 3.55. The van der Waals surface area contributed by atoms with Crippen molar-refractivity contribution < 1.29 is 14.0 Å². The molecule has 0 amide bonds. The third-order valence-electron chi connectivity index (χ3n) is 5.76. The summed E-state index contributed by atoms with van der Waals surface area (Å²) < 4.78 is 19.6. The molecule has 1 fully saturated rings. The van der Waals surface area contributed by atoms with Crippen LogP contribution in [0.3, 0.4) is 0 Å². The van der Waals surface area contributed by atoms with Crippen molar-refractivity contribution in [1.29, 1.82) is 0 Å². The molecule has 5 nitrogen and oxygen atoms in total. The molecule has 1 saturated heterocycles. The molecule has 4 rings (SSSR count). The van der Waals surface area contributed by atoms with Crippen molar-refractivity contribution in [3.63, 3.8) is 0 Å². The highest BCUT2D eigenvalue weighted by Gasteiger charge is 2.51. The summed E-state index contributed by atoms with van der Waals surface area (Å²) in [6, 6.07) is 14.2. The number of rotatable bonds is 3. The number of nitrogens with zero attached hydrogens (tertiary/aromatic N) is 2. The van der Waals surface area contributed by atoms with E-state index in [4.69, 9.17) is 19.1 Å². The summed E-state index contributed by atoms with van der Waals surface area (Å²) in [5, 5.41) is 5.81. The molecule has 1 aliphatic heterocycles. The zero-order valence-corrected chi connectivity index (χ0v) is 16.7. The standard InChI is InChI=1S/C21H25BN2O3/c1-20(2)21(3,4)27-22(26-20)15-9-12-18-17(13-15)19(23-24(18)5)14-7-10-16(25-6)11-8-14/h7-13H,1-6H3. The van der Waals surface area contributed by atoms with Gasteiger partial charge in [-0.25, -0.2) is 0 Å². The molecule has 1 aromatic heterocycles. The van der Waals surface area contributed by atoms with Crippen molar-refractivity contribution in [3.8, 4) is 17.0 Å². The molecule has 140 valence electrons. The lowest BCUT2D eigenvalue weighted by Gasteiger charge is -2.32. The van der Waals surface area contributed by atoms with Crippen molar-refractivity contribution >= 4 is 23.5 Å². The molecule has 0 unspecified atom stereocenters. The first-order valence-corrected chi connectivity index (χ1v) is 9.18. The number of methoxy groups -OCH3 is 1. The van der Waals surface area contributed by atoms with Gasteiger partial charge < -0.3 is 14.0 Å². The van der Waals surface area contributed by atoms with Gasteiger partial charge in [-0.15, -0.1) is 0 Å². The van der Waals surface area contributed by atoms with E-state index in [9.17, 15) is 0 Å². The van der Waals surface area contributed by atoms with Gasteiger partial charge in [-0.05, 0) is 63.5 Å². The smallest absolute Gasteiger partial charge is 0.494 e. The number of fused-ring (bicyclic) bond motifs is 1. The lowest BCUT2D eigenvalue weighted by molar-refractivity contribution is 0.00578. The molecule has 0 N–H and O–H groups in total. The second kappa shape index (κ2) is 6.11. The minimum Gasteiger partial charge on any atom is -0.497 e. The molecule has 0 spiro atoms. The van der Waals surface area contributed by atoms with Gasteiger partial charge in [0.2, 0.25) is 0 Å². The summed E-state index contributed by atoms with van der Waals surface area (Å²) >= 11 is 0. The van der Waals surface area contributed by atoms with Crippen LogP contribution in [0.4, 0.5) is 0 Å². The van der Waals surface area contributed by atoms with Crippen LogP contribution in [0.2, 0.25) is 0 Å². The van der Waals surface area contributed by atoms with Crippen LogP contribution >= 0.6 is 0 Å². The van der Waals surface area contributed by atoms with E-state index in [0.29, 0.717) is 0 Å². The van der Waals surface area contributed by atoms with E-state index in [-0.39, 0.29) is 18.3 Å². The summed E-state index contributed by atoms with van der Waals surface area (Å²) in [4.78, 5) is 0. The van der Waals surface area contributed by atoms with Gasteiger partial charge in [0.15, 0.2) is 0 Å². The zero-order valence-electron chi connectivity index (χ0n) is 16.7. The van der Waals surface area contributed by atoms with E-state index in [1.165, 1.54) is 0 Å². The van der Waals surface area contributed by atoms with Crippen molar-refractivity contribution in [2.45, 2.75) is 38.9 Å². The molecule has 0 bridgehead atoms. The number of aryl methyl sites for hydroxylation is 1. The summed E-state index contributed by atoms with van der Waals surface area (Å²) in [6.07, 6.45) is 0. The molecular weight excluding hydrogens is 339 g/mol. The lowest BCUT2D eigenvalue weighted by Crippen LogP contribution is -2.41. The van der Waals surface area contributed by atoms with Gasteiger partial charge >= 0.3 is 7.12 Å². The van der Waals surface area contributed by atoms with Crippen LogP contribution in [0.5, 0.6) is 5.75 Å². The maximum atomic E-state index is 6.22. The number of aromatic nitrogens is 2. The van der Waals surface area contributed by atoms with Crippen molar-refractivity contribution in [3.05, 3.63) is 42.5 Å². The first-order chi connectivity index (χ1) is 12.7. The Morgan fingerprint density at radius 1 is 0.963 bits per heavy atom. The average Bonchev–Trinajstić information content (AvgIpc) is 3.07. The molecule has 0 saturated carbocycles. The molecule has 27 heavy (non-hydrogen) atoms. The SMILES string of the molecule is COc1ccc(-c2nn(C)c3ccc(B4OC(C)(C)C(C)(C)O4)cc23)cc1. The van der Waals surface area contributed by atoms with Gasteiger partial charge in [0, 0.05) is 18.0 Å². The Hall–Kier alpha value is -2.31. The van der Waals surface area contributed by atoms with Crippen LogP contribution in [-0.4, -0.2) is 35.2 Å². The normalized spacial score (nSPS) is 18.2. The Kier molecular flexibility index (Phi) is 4.09. The molecule has 6 heteroatoms. The number of hydrogen-bond acceptors (Lipinski definition) is 4.